The van der Waals surface area contributed by atoms with Crippen LogP contribution in [0.25, 0.3) is 0 Å². The summed E-state index contributed by atoms with van der Waals surface area (Å²) in [7, 11) is 0. The van der Waals surface area contributed by atoms with Gasteiger partial charge in [0.25, 0.3) is 0 Å². The lowest BCUT2D eigenvalue weighted by Crippen LogP contribution is -2.33. The van der Waals surface area contributed by atoms with Crippen molar-refractivity contribution in [2.24, 2.45) is 5.73 Å². The number of thiazole rings is 1. The number of piperidine rings is 1. The van der Waals surface area contributed by atoms with Gasteiger partial charge in [0.15, 0.2) is 0 Å². The van der Waals surface area contributed by atoms with Crippen LogP contribution in [0.3, 0.4) is 0 Å². The topological polar surface area (TPSA) is 42.2 Å². The van der Waals surface area contributed by atoms with Gasteiger partial charge in [-0.05, 0) is 25.9 Å². The maximum Gasteiger partial charge on any atom is 0.110 e. The molecule has 0 amide bonds. The first-order valence-electron chi connectivity index (χ1n) is 6.65. The van der Waals surface area contributed by atoms with Gasteiger partial charge in [0.2, 0.25) is 0 Å². The fourth-order valence-electron chi connectivity index (χ4n) is 2.45. The Morgan fingerprint density at radius 1 is 1.59 bits per heavy atom. The Bertz CT molecular complexity index is 350. The van der Waals surface area contributed by atoms with Gasteiger partial charge in [0, 0.05) is 17.8 Å². The molecule has 1 aromatic heterocycles. The predicted molar refractivity (Wildman–Crippen MR) is 73.4 cm³/mol. The molecule has 0 aromatic carbocycles. The van der Waals surface area contributed by atoms with Gasteiger partial charge < -0.3 is 5.73 Å². The minimum atomic E-state index is 0.388. The Hall–Kier alpha value is -0.450. The van der Waals surface area contributed by atoms with Crippen molar-refractivity contribution in [2.45, 2.75) is 45.1 Å². The molecule has 2 rings (SSSR count). The number of nitrogens with two attached hydrogens (primary N) is 1. The molecule has 2 N–H and O–H groups in total. The van der Waals surface area contributed by atoms with Crippen LogP contribution in [0.2, 0.25) is 0 Å². The van der Waals surface area contributed by atoms with E-state index in [1.165, 1.54) is 36.5 Å². The Kier molecular flexibility index (Phi) is 4.54. The monoisotopic (exact) mass is 253 g/mol. The third kappa shape index (κ3) is 2.87. The first-order valence-corrected chi connectivity index (χ1v) is 7.53. The summed E-state index contributed by atoms with van der Waals surface area (Å²) >= 11 is 1.81. The molecule has 0 spiro atoms. The van der Waals surface area contributed by atoms with Crippen LogP contribution in [-0.2, 0) is 0 Å². The van der Waals surface area contributed by atoms with E-state index in [2.05, 4.69) is 24.1 Å². The van der Waals surface area contributed by atoms with Crippen molar-refractivity contribution in [1.29, 1.82) is 0 Å². The van der Waals surface area contributed by atoms with Gasteiger partial charge >= 0.3 is 0 Å². The van der Waals surface area contributed by atoms with Crippen LogP contribution in [0.1, 0.15) is 55.8 Å². The van der Waals surface area contributed by atoms with Crippen molar-refractivity contribution in [2.75, 3.05) is 19.6 Å². The van der Waals surface area contributed by atoms with Crippen molar-refractivity contribution >= 4 is 11.3 Å². The van der Waals surface area contributed by atoms with Gasteiger partial charge in [-0.15, -0.1) is 11.3 Å². The average molecular weight is 253 g/mol. The van der Waals surface area contributed by atoms with Crippen LogP contribution < -0.4 is 5.73 Å². The van der Waals surface area contributed by atoms with E-state index in [0.29, 0.717) is 18.5 Å². The second-order valence-corrected chi connectivity index (χ2v) is 5.78. The molecule has 3 nitrogen and oxygen atoms in total. The van der Waals surface area contributed by atoms with Gasteiger partial charge in [0.1, 0.15) is 5.01 Å². The van der Waals surface area contributed by atoms with Gasteiger partial charge in [-0.3, -0.25) is 4.90 Å². The zero-order chi connectivity index (χ0) is 12.3. The molecule has 2 heterocycles. The van der Waals surface area contributed by atoms with E-state index in [1.54, 1.807) is 0 Å². The molecule has 1 aliphatic heterocycles. The molecule has 2 atom stereocenters. The Morgan fingerprint density at radius 3 is 3.12 bits per heavy atom. The molecule has 1 aliphatic rings. The largest absolute Gasteiger partial charge is 0.330 e. The lowest BCUT2D eigenvalue weighted by atomic mass is 10.0. The van der Waals surface area contributed by atoms with Crippen LogP contribution in [-0.4, -0.2) is 29.5 Å². The van der Waals surface area contributed by atoms with Crippen LogP contribution in [0.15, 0.2) is 5.38 Å². The van der Waals surface area contributed by atoms with Crippen LogP contribution in [0.5, 0.6) is 0 Å². The highest BCUT2D eigenvalue weighted by Gasteiger charge is 2.25. The summed E-state index contributed by atoms with van der Waals surface area (Å²) in [5.41, 5.74) is 6.87. The van der Waals surface area contributed by atoms with Crippen LogP contribution in [0.4, 0.5) is 0 Å². The van der Waals surface area contributed by atoms with Gasteiger partial charge in [-0.2, -0.15) is 0 Å². The van der Waals surface area contributed by atoms with Crippen molar-refractivity contribution in [3.8, 4) is 0 Å². The smallest absolute Gasteiger partial charge is 0.110 e. The molecule has 4 heteroatoms. The molecule has 2 unspecified atom stereocenters. The van der Waals surface area contributed by atoms with Crippen molar-refractivity contribution in [3.63, 3.8) is 0 Å². The quantitative estimate of drug-likeness (QED) is 0.897. The number of likely N-dealkylation sites (tertiary alicyclic amines) is 1. The van der Waals surface area contributed by atoms with Gasteiger partial charge in [-0.1, -0.05) is 20.3 Å². The number of hydrogen-bond acceptors (Lipinski definition) is 4. The second kappa shape index (κ2) is 5.94. The molecule has 0 radical (unpaired) electrons. The van der Waals surface area contributed by atoms with Crippen molar-refractivity contribution in [1.82, 2.24) is 9.88 Å². The molecule has 0 saturated carbocycles. The van der Waals surface area contributed by atoms with Crippen molar-refractivity contribution < 1.29 is 0 Å². The Balaban J connectivity index is 2.12. The average Bonchev–Trinajstić information content (AvgIpc) is 2.87. The molecule has 1 aromatic rings. The molecule has 17 heavy (non-hydrogen) atoms. The molecule has 0 bridgehead atoms. The molecule has 1 fully saturated rings. The Morgan fingerprint density at radius 2 is 2.41 bits per heavy atom. The van der Waals surface area contributed by atoms with E-state index in [0.717, 1.165) is 6.54 Å². The summed E-state index contributed by atoms with van der Waals surface area (Å²) in [6.45, 7) is 7.44. The van der Waals surface area contributed by atoms with Crippen molar-refractivity contribution in [3.05, 3.63) is 16.1 Å². The molecular formula is C13H23N3S. The highest BCUT2D eigenvalue weighted by Crippen LogP contribution is 2.33. The van der Waals surface area contributed by atoms with E-state index in [4.69, 9.17) is 10.7 Å². The van der Waals surface area contributed by atoms with Crippen LogP contribution in [0, 0.1) is 0 Å². The summed E-state index contributed by atoms with van der Waals surface area (Å²) in [5.74, 6) is 0.388. The SMILES string of the molecule is CCN1CCCCC1c1nc(C(C)CN)cs1. The van der Waals surface area contributed by atoms with E-state index >= 15 is 0 Å². The predicted octanol–water partition coefficient (Wildman–Crippen LogP) is 2.75. The highest BCUT2D eigenvalue weighted by atomic mass is 32.1. The number of aromatic nitrogens is 1. The fraction of sp³-hybridized carbons (Fsp3) is 0.769. The van der Waals surface area contributed by atoms with E-state index < -0.39 is 0 Å². The minimum absolute atomic E-state index is 0.388. The van der Waals surface area contributed by atoms with Gasteiger partial charge in [-0.25, -0.2) is 4.98 Å². The fourth-order valence-corrected chi connectivity index (χ4v) is 3.56. The van der Waals surface area contributed by atoms with Crippen LogP contribution >= 0.6 is 11.3 Å². The van der Waals surface area contributed by atoms with E-state index in [1.807, 2.05) is 11.3 Å². The zero-order valence-electron chi connectivity index (χ0n) is 10.9. The third-order valence-electron chi connectivity index (χ3n) is 3.70. The second-order valence-electron chi connectivity index (χ2n) is 4.89. The maximum absolute atomic E-state index is 5.70. The first-order chi connectivity index (χ1) is 8.26. The summed E-state index contributed by atoms with van der Waals surface area (Å²) in [6.07, 6.45) is 3.93. The molecule has 0 aliphatic carbocycles. The number of nitrogens with zero attached hydrogens (tertiary/aromatic N) is 2. The Labute approximate surface area is 108 Å². The third-order valence-corrected chi connectivity index (χ3v) is 4.67. The number of rotatable bonds is 4. The minimum Gasteiger partial charge on any atom is -0.330 e. The summed E-state index contributed by atoms with van der Waals surface area (Å²) in [5, 5.41) is 3.48. The summed E-state index contributed by atoms with van der Waals surface area (Å²) in [6, 6.07) is 0.553. The molecular weight excluding hydrogens is 230 g/mol. The summed E-state index contributed by atoms with van der Waals surface area (Å²) in [4.78, 5) is 7.35. The highest BCUT2D eigenvalue weighted by molar-refractivity contribution is 7.09. The van der Waals surface area contributed by atoms with E-state index in [-0.39, 0.29) is 0 Å². The first kappa shape index (κ1) is 13.0. The molecule has 1 saturated heterocycles. The lowest BCUT2D eigenvalue weighted by molar-refractivity contribution is 0.156. The summed E-state index contributed by atoms with van der Waals surface area (Å²) < 4.78 is 0. The maximum atomic E-state index is 5.70. The lowest BCUT2D eigenvalue weighted by Gasteiger charge is -2.33. The zero-order valence-corrected chi connectivity index (χ0v) is 11.7. The van der Waals surface area contributed by atoms with E-state index in [9.17, 15) is 0 Å². The molecule has 96 valence electrons. The normalized spacial score (nSPS) is 23.8. The standard InChI is InChI=1S/C13H23N3S/c1-3-16-7-5-4-6-12(16)13-15-11(9-17-13)10(2)8-14/h9-10,12H,3-8,14H2,1-2H3. The van der Waals surface area contributed by atoms with Gasteiger partial charge in [0.05, 0.1) is 11.7 Å². The number of hydrogen-bond donors (Lipinski definition) is 1.